The summed E-state index contributed by atoms with van der Waals surface area (Å²) >= 11 is 0.431. The lowest BCUT2D eigenvalue weighted by atomic mass is 9.96. The smallest absolute Gasteiger partial charge is 0.288 e. The first-order valence-corrected chi connectivity index (χ1v) is 10.8. The van der Waals surface area contributed by atoms with Crippen LogP contribution in [0.1, 0.15) is 28.8 Å². The summed E-state index contributed by atoms with van der Waals surface area (Å²) in [5.41, 5.74) is 0.999. The summed E-state index contributed by atoms with van der Waals surface area (Å²) in [5, 5.41) is 6.54. The van der Waals surface area contributed by atoms with Gasteiger partial charge in [0, 0.05) is 36.4 Å². The quantitative estimate of drug-likeness (QED) is 0.714. The van der Waals surface area contributed by atoms with E-state index in [9.17, 15) is 18.4 Å². The SMILES string of the molecule is O=C1NC2(CCN(C(=O)c3cccc(SC(F)F)c3)CC2)NC1Cc1ccccc1. The molecule has 0 saturated carbocycles. The van der Waals surface area contributed by atoms with Crippen LogP contribution >= 0.6 is 11.8 Å². The summed E-state index contributed by atoms with van der Waals surface area (Å²) in [6.07, 6.45) is 1.81. The predicted molar refractivity (Wildman–Crippen MR) is 111 cm³/mol. The van der Waals surface area contributed by atoms with Crippen molar-refractivity contribution in [3.05, 3.63) is 65.7 Å². The molecule has 30 heavy (non-hydrogen) atoms. The van der Waals surface area contributed by atoms with Gasteiger partial charge in [0.25, 0.3) is 11.7 Å². The van der Waals surface area contributed by atoms with Gasteiger partial charge in [0.1, 0.15) is 0 Å². The number of benzene rings is 2. The van der Waals surface area contributed by atoms with Crippen LogP contribution in [-0.4, -0.2) is 47.3 Å². The van der Waals surface area contributed by atoms with Crippen LogP contribution < -0.4 is 10.6 Å². The van der Waals surface area contributed by atoms with Crippen LogP contribution in [-0.2, 0) is 11.2 Å². The minimum atomic E-state index is -2.52. The number of carbonyl (C=O) groups is 2. The van der Waals surface area contributed by atoms with Gasteiger partial charge < -0.3 is 10.2 Å². The third-order valence-electron chi connectivity index (χ3n) is 5.62. The predicted octanol–water partition coefficient (Wildman–Crippen LogP) is 3.26. The second-order valence-electron chi connectivity index (χ2n) is 7.66. The number of nitrogens with one attached hydrogen (secondary N) is 2. The number of halogens is 2. The zero-order valence-electron chi connectivity index (χ0n) is 16.3. The van der Waals surface area contributed by atoms with Gasteiger partial charge in [0.15, 0.2) is 0 Å². The normalized spacial score (nSPS) is 20.6. The molecular formula is C22H23F2N3O2S. The van der Waals surface area contributed by atoms with Crippen LogP contribution in [0.2, 0.25) is 0 Å². The van der Waals surface area contributed by atoms with E-state index in [1.807, 2.05) is 30.3 Å². The molecule has 2 N–H and O–H groups in total. The standard InChI is InChI=1S/C22H23F2N3O2S/c23-21(24)30-17-8-4-7-16(14-17)20(29)27-11-9-22(10-12-27)25-18(19(28)26-22)13-15-5-2-1-3-6-15/h1-8,14,18,21,25H,9-13H2,(H,26,28). The van der Waals surface area contributed by atoms with E-state index in [0.717, 1.165) is 5.56 Å². The molecular weight excluding hydrogens is 408 g/mol. The van der Waals surface area contributed by atoms with Crippen molar-refractivity contribution >= 4 is 23.6 Å². The first kappa shape index (κ1) is 20.8. The van der Waals surface area contributed by atoms with E-state index in [1.54, 1.807) is 23.1 Å². The number of likely N-dealkylation sites (tertiary alicyclic amines) is 1. The number of hydrogen-bond acceptors (Lipinski definition) is 4. The molecule has 2 saturated heterocycles. The second kappa shape index (κ2) is 8.73. The van der Waals surface area contributed by atoms with Gasteiger partial charge in [0.2, 0.25) is 5.91 Å². The van der Waals surface area contributed by atoms with E-state index in [2.05, 4.69) is 10.6 Å². The number of carbonyl (C=O) groups excluding carboxylic acids is 2. The van der Waals surface area contributed by atoms with Gasteiger partial charge in [-0.3, -0.25) is 14.9 Å². The van der Waals surface area contributed by atoms with Crippen molar-refractivity contribution in [2.45, 2.75) is 41.6 Å². The van der Waals surface area contributed by atoms with Gasteiger partial charge in [-0.1, -0.05) is 48.2 Å². The first-order chi connectivity index (χ1) is 14.4. The number of alkyl halides is 2. The molecule has 2 aromatic carbocycles. The summed E-state index contributed by atoms with van der Waals surface area (Å²) in [6.45, 7) is 0.965. The Morgan fingerprint density at radius 3 is 2.57 bits per heavy atom. The topological polar surface area (TPSA) is 61.4 Å². The molecule has 2 aliphatic rings. The van der Waals surface area contributed by atoms with Crippen LogP contribution in [0.4, 0.5) is 8.78 Å². The van der Waals surface area contributed by atoms with Gasteiger partial charge in [-0.05, 0) is 30.2 Å². The molecule has 1 unspecified atom stereocenters. The first-order valence-electron chi connectivity index (χ1n) is 9.92. The maximum absolute atomic E-state index is 12.8. The number of amides is 2. The third kappa shape index (κ3) is 4.65. The third-order valence-corrected chi connectivity index (χ3v) is 6.33. The Morgan fingerprint density at radius 2 is 1.87 bits per heavy atom. The maximum Gasteiger partial charge on any atom is 0.288 e. The van der Waals surface area contributed by atoms with Crippen molar-refractivity contribution in [2.24, 2.45) is 0 Å². The highest BCUT2D eigenvalue weighted by Gasteiger charge is 2.45. The summed E-state index contributed by atoms with van der Waals surface area (Å²) in [6, 6.07) is 15.9. The molecule has 0 aromatic heterocycles. The minimum absolute atomic E-state index is 0.0182. The Hall–Kier alpha value is -2.45. The molecule has 2 aromatic rings. The van der Waals surface area contributed by atoms with Gasteiger partial charge in [-0.2, -0.15) is 8.78 Å². The Kier molecular flexibility index (Phi) is 6.06. The van der Waals surface area contributed by atoms with Crippen LogP contribution in [0.25, 0.3) is 0 Å². The zero-order chi connectivity index (χ0) is 21.1. The van der Waals surface area contributed by atoms with E-state index in [0.29, 0.717) is 54.6 Å². The Bertz CT molecular complexity index is 918. The minimum Gasteiger partial charge on any atom is -0.338 e. The zero-order valence-corrected chi connectivity index (χ0v) is 17.1. The van der Waals surface area contributed by atoms with Crippen molar-refractivity contribution in [1.29, 1.82) is 0 Å². The molecule has 1 atom stereocenters. The average Bonchev–Trinajstić information content (AvgIpc) is 3.03. The van der Waals surface area contributed by atoms with Crippen molar-refractivity contribution in [2.75, 3.05) is 13.1 Å². The molecule has 158 valence electrons. The largest absolute Gasteiger partial charge is 0.338 e. The second-order valence-corrected chi connectivity index (χ2v) is 8.72. The summed E-state index contributed by atoms with van der Waals surface area (Å²) in [5.74, 6) is -2.71. The monoisotopic (exact) mass is 431 g/mol. The Balaban J connectivity index is 1.37. The van der Waals surface area contributed by atoms with E-state index in [-0.39, 0.29) is 17.9 Å². The maximum atomic E-state index is 12.8. The van der Waals surface area contributed by atoms with Crippen LogP contribution in [0.5, 0.6) is 0 Å². The van der Waals surface area contributed by atoms with Gasteiger partial charge in [-0.25, -0.2) is 0 Å². The molecule has 4 rings (SSSR count). The highest BCUT2D eigenvalue weighted by Crippen LogP contribution is 2.28. The molecule has 2 fully saturated rings. The molecule has 2 aliphatic heterocycles. The molecule has 8 heteroatoms. The van der Waals surface area contributed by atoms with Gasteiger partial charge >= 0.3 is 0 Å². The van der Waals surface area contributed by atoms with Gasteiger partial charge in [0.05, 0.1) is 11.7 Å². The summed E-state index contributed by atoms with van der Waals surface area (Å²) in [7, 11) is 0. The highest BCUT2D eigenvalue weighted by atomic mass is 32.2. The fourth-order valence-corrected chi connectivity index (χ4v) is 4.66. The summed E-state index contributed by atoms with van der Waals surface area (Å²) < 4.78 is 25.2. The molecule has 0 radical (unpaired) electrons. The fraction of sp³-hybridized carbons (Fsp3) is 0.364. The Labute approximate surface area is 178 Å². The summed E-state index contributed by atoms with van der Waals surface area (Å²) in [4.78, 5) is 27.4. The number of hydrogen-bond donors (Lipinski definition) is 2. The lowest BCUT2D eigenvalue weighted by molar-refractivity contribution is -0.121. The van der Waals surface area contributed by atoms with Crippen molar-refractivity contribution in [3.8, 4) is 0 Å². The van der Waals surface area contributed by atoms with E-state index >= 15 is 0 Å². The number of nitrogens with zero attached hydrogens (tertiary/aromatic N) is 1. The van der Waals surface area contributed by atoms with Crippen LogP contribution in [0, 0.1) is 0 Å². The van der Waals surface area contributed by atoms with E-state index < -0.39 is 11.4 Å². The van der Waals surface area contributed by atoms with Gasteiger partial charge in [-0.15, -0.1) is 0 Å². The molecule has 1 spiro atoms. The average molecular weight is 432 g/mol. The van der Waals surface area contributed by atoms with E-state index in [1.165, 1.54) is 6.07 Å². The number of piperidine rings is 1. The molecule has 0 aliphatic carbocycles. The highest BCUT2D eigenvalue weighted by molar-refractivity contribution is 7.99. The van der Waals surface area contributed by atoms with Crippen molar-refractivity contribution in [1.82, 2.24) is 15.5 Å². The van der Waals surface area contributed by atoms with Crippen LogP contribution in [0.3, 0.4) is 0 Å². The molecule has 0 bridgehead atoms. The number of thioether (sulfide) groups is 1. The molecule has 2 heterocycles. The van der Waals surface area contributed by atoms with Crippen molar-refractivity contribution < 1.29 is 18.4 Å². The fourth-order valence-electron chi connectivity index (χ4n) is 4.10. The van der Waals surface area contributed by atoms with Crippen LogP contribution in [0.15, 0.2) is 59.5 Å². The molecule has 2 amide bonds. The Morgan fingerprint density at radius 1 is 1.13 bits per heavy atom. The number of rotatable bonds is 5. The lowest BCUT2D eigenvalue weighted by Crippen LogP contribution is -2.58. The van der Waals surface area contributed by atoms with Crippen molar-refractivity contribution in [3.63, 3.8) is 0 Å². The molecule has 5 nitrogen and oxygen atoms in total. The van der Waals surface area contributed by atoms with E-state index in [4.69, 9.17) is 0 Å². The lowest BCUT2D eigenvalue weighted by Gasteiger charge is -2.39.